The number of carbonyl (C=O) groups excluding carboxylic acids is 2. The number of benzene rings is 2. The first-order valence-corrected chi connectivity index (χ1v) is 18.5. The summed E-state index contributed by atoms with van der Waals surface area (Å²) in [5.41, 5.74) is 8.85. The van der Waals surface area contributed by atoms with Crippen molar-refractivity contribution in [2.45, 2.75) is 50.9 Å². The van der Waals surface area contributed by atoms with Gasteiger partial charge in [-0.25, -0.2) is 9.97 Å². The first-order valence-electron chi connectivity index (χ1n) is 17.7. The number of nitrogens with one attached hydrogen (secondary N) is 4. The van der Waals surface area contributed by atoms with Gasteiger partial charge in [-0.1, -0.05) is 59.6 Å². The van der Waals surface area contributed by atoms with Crippen LogP contribution in [0.4, 0.5) is 0 Å². The Labute approximate surface area is 311 Å². The Kier molecular flexibility index (Phi) is 9.48. The molecule has 0 radical (unpaired) electrons. The van der Waals surface area contributed by atoms with Gasteiger partial charge in [0.05, 0.1) is 21.4 Å². The third-order valence-corrected chi connectivity index (χ3v) is 11.0. The van der Waals surface area contributed by atoms with Gasteiger partial charge in [0.25, 0.3) is 0 Å². The van der Waals surface area contributed by atoms with E-state index in [2.05, 4.69) is 45.8 Å². The van der Waals surface area contributed by atoms with Crippen molar-refractivity contribution in [3.63, 3.8) is 0 Å². The Morgan fingerprint density at radius 2 is 1.08 bits per heavy atom. The van der Waals surface area contributed by atoms with E-state index in [4.69, 9.17) is 33.2 Å². The van der Waals surface area contributed by atoms with Gasteiger partial charge in [-0.05, 0) is 48.2 Å². The summed E-state index contributed by atoms with van der Waals surface area (Å²) in [6.45, 7) is 2.84. The highest BCUT2D eigenvalue weighted by Crippen LogP contribution is 2.42. The molecule has 6 heterocycles. The van der Waals surface area contributed by atoms with Crippen LogP contribution in [0.5, 0.6) is 0 Å². The van der Waals surface area contributed by atoms with E-state index in [0.29, 0.717) is 36.0 Å². The molecule has 2 aliphatic rings. The maximum atomic E-state index is 11.6. The van der Waals surface area contributed by atoms with Crippen molar-refractivity contribution < 1.29 is 9.59 Å². The zero-order valence-corrected chi connectivity index (χ0v) is 30.6. The summed E-state index contributed by atoms with van der Waals surface area (Å²) >= 11 is 14.4. The quantitative estimate of drug-likeness (QED) is 0.121. The van der Waals surface area contributed by atoms with Gasteiger partial charge in [-0.15, -0.1) is 0 Å². The summed E-state index contributed by atoms with van der Waals surface area (Å²) in [4.78, 5) is 33.2. The molecule has 4 N–H and O–H groups in total. The standard InChI is InChI=1S/C40H40Cl2N8O2/c1-49-21-23(17-43-19-25-9-15-35(51)45-25)27-11-13-33(47-39(27)49)31-7-3-5-29(37(31)41)30-6-4-8-32(38(30)42)34-14-12-28-24(22-50(2)40(28)48-34)18-44-20-26-10-16-36(52)46-26/h3-8,11-14,21-22,25-26,43-44H,9-10,15-20H2,1-2H3,(H,45,51)(H,46,52)/t25-,26-/m0/s1. The van der Waals surface area contributed by atoms with Gasteiger partial charge in [-0.3, -0.25) is 9.59 Å². The molecular weight excluding hydrogens is 695 g/mol. The summed E-state index contributed by atoms with van der Waals surface area (Å²) in [5, 5.41) is 16.3. The second-order valence-electron chi connectivity index (χ2n) is 13.9. The summed E-state index contributed by atoms with van der Waals surface area (Å²) < 4.78 is 4.08. The van der Waals surface area contributed by atoms with Crippen LogP contribution < -0.4 is 21.3 Å². The highest BCUT2D eigenvalue weighted by molar-refractivity contribution is 6.39. The second-order valence-corrected chi connectivity index (χ2v) is 14.6. The number of nitrogens with zero attached hydrogens (tertiary/aromatic N) is 4. The van der Waals surface area contributed by atoms with Crippen LogP contribution in [0.2, 0.25) is 10.0 Å². The van der Waals surface area contributed by atoms with Crippen LogP contribution in [-0.4, -0.2) is 56.1 Å². The van der Waals surface area contributed by atoms with E-state index in [9.17, 15) is 9.59 Å². The lowest BCUT2D eigenvalue weighted by Gasteiger charge is -2.14. The molecule has 2 aliphatic heterocycles. The molecule has 0 bridgehead atoms. The summed E-state index contributed by atoms with van der Waals surface area (Å²) in [5.74, 6) is 0.252. The second kappa shape index (κ2) is 14.4. The number of pyridine rings is 2. The number of hydrogen-bond acceptors (Lipinski definition) is 6. The lowest BCUT2D eigenvalue weighted by Crippen LogP contribution is -2.35. The van der Waals surface area contributed by atoms with Gasteiger partial charge in [0.2, 0.25) is 11.8 Å². The van der Waals surface area contributed by atoms with Crippen molar-refractivity contribution in [3.05, 3.63) is 94.2 Å². The number of carbonyl (C=O) groups is 2. The normalized spacial score (nSPS) is 17.4. The van der Waals surface area contributed by atoms with Gasteiger partial charge >= 0.3 is 0 Å². The minimum absolute atomic E-state index is 0.126. The minimum Gasteiger partial charge on any atom is -0.352 e. The van der Waals surface area contributed by atoms with E-state index in [-0.39, 0.29) is 23.9 Å². The molecule has 2 fully saturated rings. The molecule has 0 aliphatic carbocycles. The largest absolute Gasteiger partial charge is 0.352 e. The van der Waals surface area contributed by atoms with Gasteiger partial charge in [-0.2, -0.15) is 0 Å². The number of amides is 2. The molecule has 266 valence electrons. The third-order valence-electron chi connectivity index (χ3n) is 10.2. The monoisotopic (exact) mass is 734 g/mol. The zero-order valence-electron chi connectivity index (χ0n) is 29.1. The highest BCUT2D eigenvalue weighted by Gasteiger charge is 2.22. The molecule has 52 heavy (non-hydrogen) atoms. The average Bonchev–Trinajstić information content (AvgIpc) is 3.91. The number of fused-ring (bicyclic) bond motifs is 2. The molecular formula is C40H40Cl2N8O2. The van der Waals surface area contributed by atoms with Crippen molar-refractivity contribution in [1.29, 1.82) is 0 Å². The molecule has 2 aromatic carbocycles. The Bertz CT molecular complexity index is 2180. The van der Waals surface area contributed by atoms with Crippen LogP contribution in [0, 0.1) is 0 Å². The van der Waals surface area contributed by atoms with Gasteiger partial charge in [0.15, 0.2) is 0 Å². The van der Waals surface area contributed by atoms with E-state index in [0.717, 1.165) is 92.8 Å². The number of halogens is 2. The number of aryl methyl sites for hydroxylation is 2. The molecule has 2 amide bonds. The molecule has 4 aromatic heterocycles. The molecule has 0 saturated carbocycles. The topological polar surface area (TPSA) is 118 Å². The number of hydrogen-bond donors (Lipinski definition) is 4. The zero-order chi connectivity index (χ0) is 35.9. The SMILES string of the molecule is Cn1cc(CNC[C@@H]2CCC(=O)N2)c2ccc(-c3cccc(-c4cccc(-c5ccc6c(CNC[C@@H]7CCC(=O)N7)cn(C)c6n5)c4Cl)c3Cl)nc21. The van der Waals surface area contributed by atoms with Crippen LogP contribution in [0.1, 0.15) is 36.8 Å². The van der Waals surface area contributed by atoms with E-state index < -0.39 is 0 Å². The molecule has 10 nitrogen and oxygen atoms in total. The van der Waals surface area contributed by atoms with E-state index in [1.807, 2.05) is 71.8 Å². The summed E-state index contributed by atoms with van der Waals surface area (Å²) in [6.07, 6.45) is 7.13. The molecule has 0 spiro atoms. The smallest absolute Gasteiger partial charge is 0.220 e. The first-order chi connectivity index (χ1) is 25.2. The molecule has 0 unspecified atom stereocenters. The predicted octanol–water partition coefficient (Wildman–Crippen LogP) is 6.50. The van der Waals surface area contributed by atoms with E-state index in [1.54, 1.807) is 0 Å². The van der Waals surface area contributed by atoms with Gasteiger partial charge in [0.1, 0.15) is 11.3 Å². The van der Waals surface area contributed by atoms with Crippen LogP contribution in [0.15, 0.2) is 73.1 Å². The van der Waals surface area contributed by atoms with Crippen LogP contribution in [0.3, 0.4) is 0 Å². The van der Waals surface area contributed by atoms with Gasteiger partial charge < -0.3 is 30.4 Å². The maximum absolute atomic E-state index is 11.6. The van der Waals surface area contributed by atoms with E-state index in [1.165, 1.54) is 0 Å². The Balaban J connectivity index is 1.03. The Morgan fingerprint density at radius 3 is 1.48 bits per heavy atom. The van der Waals surface area contributed by atoms with Crippen molar-refractivity contribution >= 4 is 57.1 Å². The fraction of sp³-hybridized carbons (Fsp3) is 0.300. The summed E-state index contributed by atoms with van der Waals surface area (Å²) in [7, 11) is 4.00. The average molecular weight is 736 g/mol. The lowest BCUT2D eigenvalue weighted by atomic mass is 9.98. The van der Waals surface area contributed by atoms with Crippen molar-refractivity contribution in [2.75, 3.05) is 13.1 Å². The maximum Gasteiger partial charge on any atom is 0.220 e. The van der Waals surface area contributed by atoms with Gasteiger partial charge in [0, 0.05) is 111 Å². The minimum atomic E-state index is 0.126. The summed E-state index contributed by atoms with van der Waals surface area (Å²) in [6, 6.07) is 20.5. The fourth-order valence-electron chi connectivity index (χ4n) is 7.55. The van der Waals surface area contributed by atoms with Crippen molar-refractivity contribution in [3.8, 4) is 33.6 Å². The molecule has 2 atom stereocenters. The van der Waals surface area contributed by atoms with Crippen LogP contribution >= 0.6 is 23.2 Å². The third kappa shape index (κ3) is 6.67. The molecule has 6 aromatic rings. The van der Waals surface area contributed by atoms with Crippen LogP contribution in [-0.2, 0) is 36.8 Å². The number of rotatable bonds is 11. The molecule has 2 saturated heterocycles. The van der Waals surface area contributed by atoms with Crippen molar-refractivity contribution in [2.24, 2.45) is 14.1 Å². The highest BCUT2D eigenvalue weighted by atomic mass is 35.5. The van der Waals surface area contributed by atoms with Crippen molar-refractivity contribution in [1.82, 2.24) is 40.4 Å². The molecule has 12 heteroatoms. The number of aromatic nitrogens is 4. The fourth-order valence-corrected chi connectivity index (χ4v) is 8.19. The first kappa shape index (κ1) is 34.4. The molecule has 8 rings (SSSR count). The Morgan fingerprint density at radius 1 is 0.654 bits per heavy atom. The van der Waals surface area contributed by atoms with Crippen LogP contribution in [0.25, 0.3) is 55.7 Å². The predicted molar refractivity (Wildman–Crippen MR) is 207 cm³/mol. The Hall–Kier alpha value is -4.74. The lowest BCUT2D eigenvalue weighted by molar-refractivity contribution is -0.120. The van der Waals surface area contributed by atoms with E-state index >= 15 is 0 Å².